The molecule has 1 saturated carbocycles. The fraction of sp³-hybridized carbons (Fsp3) is 0.571. The van der Waals surface area contributed by atoms with Crippen LogP contribution in [0.25, 0.3) is 0 Å². The second kappa shape index (κ2) is 8.46. The van der Waals surface area contributed by atoms with E-state index in [0.717, 1.165) is 16.5 Å². The van der Waals surface area contributed by atoms with Crippen LogP contribution in [-0.4, -0.2) is 26.4 Å². The van der Waals surface area contributed by atoms with Crippen LogP contribution in [0.5, 0.6) is 0 Å². The topological polar surface area (TPSA) is 59.8 Å². The number of nitrogens with zero attached hydrogens (tertiary/aromatic N) is 3. The summed E-state index contributed by atoms with van der Waals surface area (Å²) < 4.78 is 2.17. The lowest BCUT2D eigenvalue weighted by molar-refractivity contribution is -0.119. The van der Waals surface area contributed by atoms with E-state index < -0.39 is 0 Å². The molecule has 3 rings (SSSR count). The van der Waals surface area contributed by atoms with Crippen LogP contribution in [0.4, 0.5) is 0 Å². The number of amides is 1. The first kappa shape index (κ1) is 19.9. The number of nitrogens with one attached hydrogen (secondary N) is 1. The van der Waals surface area contributed by atoms with Crippen LogP contribution >= 0.6 is 11.8 Å². The van der Waals surface area contributed by atoms with Crippen LogP contribution in [0, 0.1) is 12.8 Å². The van der Waals surface area contributed by atoms with Crippen molar-refractivity contribution in [3.63, 3.8) is 0 Å². The number of rotatable bonds is 8. The molecule has 27 heavy (non-hydrogen) atoms. The molecular formula is C21H30N4OS. The van der Waals surface area contributed by atoms with Crippen molar-refractivity contribution in [2.75, 3.05) is 5.75 Å². The molecule has 0 bridgehead atoms. The van der Waals surface area contributed by atoms with Gasteiger partial charge in [-0.3, -0.25) is 4.79 Å². The maximum atomic E-state index is 12.6. The molecule has 5 nitrogen and oxygen atoms in total. The molecule has 1 aromatic heterocycles. The summed E-state index contributed by atoms with van der Waals surface area (Å²) in [7, 11) is 0. The van der Waals surface area contributed by atoms with Gasteiger partial charge in [-0.05, 0) is 42.7 Å². The van der Waals surface area contributed by atoms with Crippen molar-refractivity contribution in [3.05, 3.63) is 41.2 Å². The van der Waals surface area contributed by atoms with E-state index in [0.29, 0.717) is 23.6 Å². The number of hydrogen-bond donors (Lipinski definition) is 1. The molecule has 1 fully saturated rings. The van der Waals surface area contributed by atoms with Gasteiger partial charge in [0.05, 0.1) is 11.8 Å². The minimum atomic E-state index is 0.0161. The van der Waals surface area contributed by atoms with Gasteiger partial charge in [-0.25, -0.2) is 0 Å². The van der Waals surface area contributed by atoms with Gasteiger partial charge >= 0.3 is 0 Å². The monoisotopic (exact) mass is 386 g/mol. The second-order valence-corrected chi connectivity index (χ2v) is 8.97. The van der Waals surface area contributed by atoms with E-state index in [1.807, 2.05) is 6.92 Å². The molecule has 0 radical (unpaired) electrons. The minimum Gasteiger partial charge on any atom is -0.348 e. The first-order valence-corrected chi connectivity index (χ1v) is 10.8. The summed E-state index contributed by atoms with van der Waals surface area (Å²) in [4.78, 5) is 12.6. The molecule has 1 aliphatic rings. The van der Waals surface area contributed by atoms with Crippen LogP contribution < -0.4 is 5.32 Å². The van der Waals surface area contributed by atoms with Gasteiger partial charge < -0.3 is 9.88 Å². The van der Waals surface area contributed by atoms with Crippen LogP contribution in [-0.2, 0) is 4.79 Å². The molecule has 146 valence electrons. The fourth-order valence-corrected chi connectivity index (χ4v) is 4.13. The highest BCUT2D eigenvalue weighted by Crippen LogP contribution is 2.38. The third kappa shape index (κ3) is 4.92. The zero-order valence-corrected chi connectivity index (χ0v) is 17.7. The highest BCUT2D eigenvalue weighted by Gasteiger charge is 2.28. The minimum absolute atomic E-state index is 0.0161. The number of hydrogen-bond acceptors (Lipinski definition) is 4. The quantitative estimate of drug-likeness (QED) is 0.671. The van der Waals surface area contributed by atoms with E-state index in [9.17, 15) is 4.79 Å². The fourth-order valence-electron chi connectivity index (χ4n) is 3.27. The molecule has 2 aromatic rings. The molecule has 0 spiro atoms. The highest BCUT2D eigenvalue weighted by molar-refractivity contribution is 7.99. The molecule has 0 saturated heterocycles. The molecule has 1 aromatic carbocycles. The Morgan fingerprint density at radius 3 is 2.33 bits per heavy atom. The van der Waals surface area contributed by atoms with E-state index in [4.69, 9.17) is 0 Å². The molecule has 1 atom stereocenters. The van der Waals surface area contributed by atoms with E-state index in [-0.39, 0.29) is 11.9 Å². The SMILES string of the molecule is Cc1nnc(SCC(=O)N[C@@H](c2ccc(C(C)C)cc2)C(C)C)n1C1CC1. The Kier molecular flexibility index (Phi) is 6.25. The second-order valence-electron chi connectivity index (χ2n) is 8.03. The first-order chi connectivity index (χ1) is 12.9. The number of aromatic nitrogens is 3. The van der Waals surface area contributed by atoms with Crippen molar-refractivity contribution >= 4 is 17.7 Å². The van der Waals surface area contributed by atoms with Crippen LogP contribution in [0.15, 0.2) is 29.4 Å². The van der Waals surface area contributed by atoms with E-state index >= 15 is 0 Å². The van der Waals surface area contributed by atoms with Gasteiger partial charge in [0.2, 0.25) is 5.91 Å². The Morgan fingerprint density at radius 2 is 1.78 bits per heavy atom. The predicted octanol–water partition coefficient (Wildman–Crippen LogP) is 4.65. The summed E-state index contributed by atoms with van der Waals surface area (Å²) in [5, 5.41) is 12.5. The first-order valence-electron chi connectivity index (χ1n) is 9.80. The van der Waals surface area contributed by atoms with Gasteiger partial charge in [-0.2, -0.15) is 0 Å². The average Bonchev–Trinajstić information content (AvgIpc) is 3.40. The van der Waals surface area contributed by atoms with E-state index in [1.54, 1.807) is 0 Å². The molecule has 0 unspecified atom stereocenters. The van der Waals surface area contributed by atoms with Crippen LogP contribution in [0.3, 0.4) is 0 Å². The van der Waals surface area contributed by atoms with Crippen molar-refractivity contribution in [2.45, 2.75) is 70.6 Å². The molecule has 0 aliphatic heterocycles. The number of carbonyl (C=O) groups excluding carboxylic acids is 1. The van der Waals surface area contributed by atoms with Gasteiger partial charge in [0, 0.05) is 6.04 Å². The Morgan fingerprint density at radius 1 is 1.15 bits per heavy atom. The molecular weight excluding hydrogens is 356 g/mol. The van der Waals surface area contributed by atoms with E-state index in [1.165, 1.54) is 30.2 Å². The lowest BCUT2D eigenvalue weighted by atomic mass is 9.93. The summed E-state index contributed by atoms with van der Waals surface area (Å²) in [6, 6.07) is 9.14. The zero-order valence-electron chi connectivity index (χ0n) is 16.9. The van der Waals surface area contributed by atoms with Gasteiger partial charge in [0.25, 0.3) is 0 Å². The molecule has 1 heterocycles. The summed E-state index contributed by atoms with van der Waals surface area (Å²) >= 11 is 1.48. The Labute approximate surface area is 166 Å². The van der Waals surface area contributed by atoms with Gasteiger partial charge in [-0.15, -0.1) is 10.2 Å². The van der Waals surface area contributed by atoms with Crippen LogP contribution in [0.2, 0.25) is 0 Å². The standard InChI is InChI=1S/C21H30N4OS/c1-13(2)16-6-8-17(9-7-16)20(14(3)4)22-19(26)12-27-21-24-23-15(5)25(21)18-10-11-18/h6-9,13-14,18,20H,10-12H2,1-5H3,(H,22,26)/t20-/m1/s1. The average molecular weight is 387 g/mol. The number of benzene rings is 1. The Hall–Kier alpha value is -1.82. The van der Waals surface area contributed by atoms with Gasteiger partial charge in [0.1, 0.15) is 5.82 Å². The van der Waals surface area contributed by atoms with Gasteiger partial charge in [-0.1, -0.05) is 63.7 Å². The highest BCUT2D eigenvalue weighted by atomic mass is 32.2. The third-order valence-corrected chi connectivity index (χ3v) is 5.97. The smallest absolute Gasteiger partial charge is 0.230 e. The van der Waals surface area contributed by atoms with Crippen molar-refractivity contribution < 1.29 is 4.79 Å². The molecule has 1 N–H and O–H groups in total. The normalized spacial score (nSPS) is 15.4. The number of carbonyl (C=O) groups is 1. The Balaban J connectivity index is 1.62. The molecule has 6 heteroatoms. The van der Waals surface area contributed by atoms with Crippen molar-refractivity contribution in [1.29, 1.82) is 0 Å². The lowest BCUT2D eigenvalue weighted by Crippen LogP contribution is -2.33. The van der Waals surface area contributed by atoms with Crippen LogP contribution in [0.1, 0.15) is 75.5 Å². The molecule has 1 amide bonds. The summed E-state index contributed by atoms with van der Waals surface area (Å²) in [6.07, 6.45) is 2.36. The van der Waals surface area contributed by atoms with E-state index in [2.05, 4.69) is 72.0 Å². The largest absolute Gasteiger partial charge is 0.348 e. The summed E-state index contributed by atoms with van der Waals surface area (Å²) in [5.41, 5.74) is 2.47. The summed E-state index contributed by atoms with van der Waals surface area (Å²) in [5.74, 6) is 2.16. The van der Waals surface area contributed by atoms with Crippen molar-refractivity contribution in [3.8, 4) is 0 Å². The number of aryl methyl sites for hydroxylation is 1. The zero-order chi connectivity index (χ0) is 19.6. The lowest BCUT2D eigenvalue weighted by Gasteiger charge is -2.23. The third-order valence-electron chi connectivity index (χ3n) is 5.02. The maximum Gasteiger partial charge on any atom is 0.230 e. The van der Waals surface area contributed by atoms with Crippen molar-refractivity contribution in [2.24, 2.45) is 5.92 Å². The summed E-state index contributed by atoms with van der Waals surface area (Å²) in [6.45, 7) is 10.6. The van der Waals surface area contributed by atoms with Gasteiger partial charge in [0.15, 0.2) is 5.16 Å². The number of thioether (sulfide) groups is 1. The molecule has 1 aliphatic carbocycles. The maximum absolute atomic E-state index is 12.6. The van der Waals surface area contributed by atoms with Crippen molar-refractivity contribution in [1.82, 2.24) is 20.1 Å². The Bertz CT molecular complexity index is 778. The predicted molar refractivity (Wildman–Crippen MR) is 110 cm³/mol.